The van der Waals surface area contributed by atoms with Crippen LogP contribution in [0.25, 0.3) is 10.8 Å². The second-order valence-electron chi connectivity index (χ2n) is 7.72. The minimum absolute atomic E-state index is 0.00719. The lowest BCUT2D eigenvalue weighted by Crippen LogP contribution is -2.40. The van der Waals surface area contributed by atoms with Crippen molar-refractivity contribution in [3.63, 3.8) is 0 Å². The highest BCUT2D eigenvalue weighted by Gasteiger charge is 2.18. The molecule has 4 heteroatoms. The molecule has 156 valence electrons. The summed E-state index contributed by atoms with van der Waals surface area (Å²) in [6, 6.07) is 28.2. The summed E-state index contributed by atoms with van der Waals surface area (Å²) in [4.78, 5) is 17.3. The summed E-state index contributed by atoms with van der Waals surface area (Å²) in [5, 5.41) is 8.66. The van der Waals surface area contributed by atoms with Crippen molar-refractivity contribution in [3.05, 3.63) is 108 Å². The summed E-state index contributed by atoms with van der Waals surface area (Å²) in [6.07, 6.45) is 6.25. The number of aryl methyl sites for hydroxylation is 1. The molecule has 0 spiro atoms. The van der Waals surface area contributed by atoms with Gasteiger partial charge in [-0.15, -0.1) is 0 Å². The number of carbonyl (C=O) groups excluding carboxylic acids is 1. The second kappa shape index (κ2) is 10.5. The van der Waals surface area contributed by atoms with E-state index in [0.29, 0.717) is 6.54 Å². The fraction of sp³-hybridized carbons (Fsp3) is 0.185. The first-order valence-corrected chi connectivity index (χ1v) is 10.7. The fourth-order valence-electron chi connectivity index (χ4n) is 3.71. The van der Waals surface area contributed by atoms with E-state index in [1.165, 1.54) is 11.1 Å². The molecule has 0 fully saturated rings. The summed E-state index contributed by atoms with van der Waals surface area (Å²) >= 11 is 0. The van der Waals surface area contributed by atoms with Crippen molar-refractivity contribution in [2.45, 2.75) is 31.8 Å². The van der Waals surface area contributed by atoms with Gasteiger partial charge in [-0.1, -0.05) is 66.7 Å². The van der Waals surface area contributed by atoms with Gasteiger partial charge in [0, 0.05) is 30.0 Å². The van der Waals surface area contributed by atoms with Crippen LogP contribution in [-0.4, -0.2) is 16.9 Å². The number of benzene rings is 3. The normalized spacial score (nSPS) is 11.9. The average molecular weight is 410 g/mol. The van der Waals surface area contributed by atoms with Gasteiger partial charge in [0.25, 0.3) is 0 Å². The van der Waals surface area contributed by atoms with E-state index in [4.69, 9.17) is 0 Å². The van der Waals surface area contributed by atoms with E-state index >= 15 is 0 Å². The number of carbonyl (C=O) groups is 1. The molecule has 4 rings (SSSR count). The maximum Gasteiger partial charge on any atom is 0.241 e. The molecule has 1 atom stereocenters. The van der Waals surface area contributed by atoms with Crippen LogP contribution in [0.2, 0.25) is 0 Å². The molecule has 1 amide bonds. The Morgan fingerprint density at radius 2 is 1.58 bits per heavy atom. The third-order valence-electron chi connectivity index (χ3n) is 5.42. The van der Waals surface area contributed by atoms with E-state index < -0.39 is 0 Å². The van der Waals surface area contributed by atoms with Crippen molar-refractivity contribution in [1.82, 2.24) is 10.3 Å². The van der Waals surface area contributed by atoms with Crippen LogP contribution < -0.4 is 10.6 Å². The van der Waals surface area contributed by atoms with Crippen LogP contribution >= 0.6 is 0 Å². The van der Waals surface area contributed by atoms with Crippen LogP contribution in [0.15, 0.2) is 97.3 Å². The molecule has 1 aromatic heterocycles. The average Bonchev–Trinajstić information content (AvgIpc) is 2.82. The van der Waals surface area contributed by atoms with E-state index in [0.717, 1.165) is 35.7 Å². The van der Waals surface area contributed by atoms with Crippen LogP contribution in [0.3, 0.4) is 0 Å². The van der Waals surface area contributed by atoms with Gasteiger partial charge in [-0.2, -0.15) is 0 Å². The van der Waals surface area contributed by atoms with E-state index in [-0.39, 0.29) is 11.9 Å². The highest BCUT2D eigenvalue weighted by molar-refractivity contribution is 5.97. The maximum absolute atomic E-state index is 13.1. The Hall–Kier alpha value is -3.50. The molecule has 0 bridgehead atoms. The van der Waals surface area contributed by atoms with Gasteiger partial charge in [-0.25, -0.2) is 0 Å². The van der Waals surface area contributed by atoms with Crippen molar-refractivity contribution in [2.24, 2.45) is 0 Å². The molecule has 0 aliphatic rings. The Kier molecular flexibility index (Phi) is 7.04. The molecule has 0 radical (unpaired) electrons. The minimum Gasteiger partial charge on any atom is -0.325 e. The third kappa shape index (κ3) is 6.00. The Balaban J connectivity index is 1.42. The molecule has 0 saturated heterocycles. The Morgan fingerprint density at radius 1 is 0.839 bits per heavy atom. The Labute approximate surface area is 183 Å². The molecule has 4 aromatic rings. The SMILES string of the molecule is O=C(Nc1ccc2ccncc2c1)C(CCCc1ccccc1)NCc1ccccc1. The molecule has 2 N–H and O–H groups in total. The van der Waals surface area contributed by atoms with Gasteiger partial charge in [0.2, 0.25) is 5.91 Å². The Bertz CT molecular complexity index is 1110. The number of hydrogen-bond acceptors (Lipinski definition) is 3. The smallest absolute Gasteiger partial charge is 0.241 e. The van der Waals surface area contributed by atoms with Gasteiger partial charge in [0.15, 0.2) is 0 Å². The van der Waals surface area contributed by atoms with Crippen molar-refractivity contribution >= 4 is 22.4 Å². The summed E-state index contributed by atoms with van der Waals surface area (Å²) in [7, 11) is 0. The number of amides is 1. The van der Waals surface area contributed by atoms with Crippen LogP contribution in [0, 0.1) is 0 Å². The fourth-order valence-corrected chi connectivity index (χ4v) is 3.71. The molecule has 1 heterocycles. The first-order chi connectivity index (χ1) is 15.3. The highest BCUT2D eigenvalue weighted by Crippen LogP contribution is 2.18. The summed E-state index contributed by atoms with van der Waals surface area (Å²) in [5.41, 5.74) is 3.26. The predicted octanol–water partition coefficient (Wildman–Crippen LogP) is 5.35. The maximum atomic E-state index is 13.1. The third-order valence-corrected chi connectivity index (χ3v) is 5.42. The van der Waals surface area contributed by atoms with E-state index in [1.54, 1.807) is 6.20 Å². The van der Waals surface area contributed by atoms with E-state index in [1.807, 2.05) is 54.7 Å². The summed E-state index contributed by atoms with van der Waals surface area (Å²) in [6.45, 7) is 0.659. The van der Waals surface area contributed by atoms with Crippen molar-refractivity contribution in [3.8, 4) is 0 Å². The lowest BCUT2D eigenvalue weighted by atomic mass is 10.0. The van der Waals surface area contributed by atoms with E-state index in [9.17, 15) is 4.79 Å². The van der Waals surface area contributed by atoms with Crippen molar-refractivity contribution < 1.29 is 4.79 Å². The molecular formula is C27H27N3O. The van der Waals surface area contributed by atoms with Gasteiger partial charge in [-0.3, -0.25) is 9.78 Å². The molecule has 0 aliphatic carbocycles. The molecule has 1 unspecified atom stereocenters. The standard InChI is InChI=1S/C27H27N3O/c31-27(30-25-15-14-23-16-17-28-20-24(23)18-25)26(29-19-22-10-5-2-6-11-22)13-7-12-21-8-3-1-4-9-21/h1-6,8-11,14-18,20,26,29H,7,12-13,19H2,(H,30,31). The number of aromatic nitrogens is 1. The van der Waals surface area contributed by atoms with Crippen molar-refractivity contribution in [1.29, 1.82) is 0 Å². The zero-order valence-electron chi connectivity index (χ0n) is 17.5. The highest BCUT2D eigenvalue weighted by atomic mass is 16.2. The van der Waals surface area contributed by atoms with Gasteiger partial charge in [0.1, 0.15) is 0 Å². The van der Waals surface area contributed by atoms with Crippen LogP contribution in [0.5, 0.6) is 0 Å². The minimum atomic E-state index is -0.270. The van der Waals surface area contributed by atoms with Crippen LogP contribution in [0.4, 0.5) is 5.69 Å². The number of nitrogens with zero attached hydrogens (tertiary/aromatic N) is 1. The molecular weight excluding hydrogens is 382 g/mol. The quantitative estimate of drug-likeness (QED) is 0.392. The van der Waals surface area contributed by atoms with Gasteiger partial charge in [0.05, 0.1) is 6.04 Å². The topological polar surface area (TPSA) is 54.0 Å². The van der Waals surface area contributed by atoms with Crippen molar-refractivity contribution in [2.75, 3.05) is 5.32 Å². The first kappa shape index (κ1) is 20.8. The summed E-state index contributed by atoms with van der Waals surface area (Å²) in [5.74, 6) is -0.00719. The van der Waals surface area contributed by atoms with Crippen LogP contribution in [-0.2, 0) is 17.8 Å². The monoisotopic (exact) mass is 409 g/mol. The Morgan fingerprint density at radius 3 is 2.35 bits per heavy atom. The lowest BCUT2D eigenvalue weighted by molar-refractivity contribution is -0.118. The number of nitrogens with one attached hydrogen (secondary N) is 2. The number of pyridine rings is 1. The molecule has 3 aromatic carbocycles. The second-order valence-corrected chi connectivity index (χ2v) is 7.72. The number of anilines is 1. The first-order valence-electron chi connectivity index (χ1n) is 10.7. The van der Waals surface area contributed by atoms with Gasteiger partial charge in [-0.05, 0) is 54.0 Å². The number of hydrogen-bond donors (Lipinski definition) is 2. The predicted molar refractivity (Wildman–Crippen MR) is 127 cm³/mol. The molecule has 4 nitrogen and oxygen atoms in total. The lowest BCUT2D eigenvalue weighted by Gasteiger charge is -2.19. The van der Waals surface area contributed by atoms with Crippen LogP contribution in [0.1, 0.15) is 24.0 Å². The molecule has 0 saturated carbocycles. The number of rotatable bonds is 9. The van der Waals surface area contributed by atoms with E-state index in [2.05, 4.69) is 52.0 Å². The van der Waals surface area contributed by atoms with Gasteiger partial charge >= 0.3 is 0 Å². The molecule has 0 aliphatic heterocycles. The zero-order valence-corrected chi connectivity index (χ0v) is 17.5. The summed E-state index contributed by atoms with van der Waals surface area (Å²) < 4.78 is 0. The number of fused-ring (bicyclic) bond motifs is 1. The zero-order chi connectivity index (χ0) is 21.3. The largest absolute Gasteiger partial charge is 0.325 e. The van der Waals surface area contributed by atoms with Gasteiger partial charge < -0.3 is 10.6 Å². The molecule has 31 heavy (non-hydrogen) atoms.